The second-order valence-electron chi connectivity index (χ2n) is 5.83. The molecular weight excluding hydrogens is 307 g/mol. The Hall–Kier alpha value is -2.13. The van der Waals surface area contributed by atoms with E-state index in [0.717, 1.165) is 13.0 Å². The van der Waals surface area contributed by atoms with Gasteiger partial charge in [0.1, 0.15) is 5.82 Å². The average molecular weight is 334 g/mol. The molecule has 0 aliphatic rings. The average Bonchev–Trinajstić information content (AvgIpc) is 2.56. The van der Waals surface area contributed by atoms with Gasteiger partial charge in [0.05, 0.1) is 24.8 Å². The van der Waals surface area contributed by atoms with E-state index in [1.54, 1.807) is 0 Å². The predicted molar refractivity (Wildman–Crippen MR) is 94.2 cm³/mol. The summed E-state index contributed by atoms with van der Waals surface area (Å²) in [6.07, 6.45) is 1.04. The van der Waals surface area contributed by atoms with Crippen LogP contribution in [0.5, 0.6) is 0 Å². The van der Waals surface area contributed by atoms with Gasteiger partial charge in [0.15, 0.2) is 5.96 Å². The van der Waals surface area contributed by atoms with E-state index >= 15 is 0 Å². The molecule has 0 spiro atoms. The maximum absolute atomic E-state index is 13.8. The fourth-order valence-electron chi connectivity index (χ4n) is 1.93. The summed E-state index contributed by atoms with van der Waals surface area (Å²) < 4.78 is 19.3. The third-order valence-corrected chi connectivity index (χ3v) is 3.30. The molecule has 5 nitrogen and oxygen atoms in total. The summed E-state index contributed by atoms with van der Waals surface area (Å²) in [5.74, 6) is 0.883. The van der Waals surface area contributed by atoms with Gasteiger partial charge in [-0.1, -0.05) is 13.8 Å². The molecular formula is C18H27FN4O. The molecule has 0 aromatic heterocycles. The summed E-state index contributed by atoms with van der Waals surface area (Å²) >= 11 is 0. The highest BCUT2D eigenvalue weighted by Crippen LogP contribution is 2.11. The summed E-state index contributed by atoms with van der Waals surface area (Å²) in [5, 5.41) is 15.1. The van der Waals surface area contributed by atoms with E-state index in [-0.39, 0.29) is 12.4 Å². The molecule has 1 aromatic rings. The minimum Gasteiger partial charge on any atom is -0.380 e. The molecule has 0 saturated heterocycles. The Kier molecular flexibility index (Phi) is 9.47. The van der Waals surface area contributed by atoms with Crippen LogP contribution in [0.1, 0.15) is 38.3 Å². The number of hydrogen-bond donors (Lipinski definition) is 2. The number of benzene rings is 1. The first kappa shape index (κ1) is 19.9. The summed E-state index contributed by atoms with van der Waals surface area (Å²) in [6, 6.07) is 6.29. The van der Waals surface area contributed by atoms with Crippen molar-refractivity contribution >= 4 is 5.96 Å². The Morgan fingerprint density at radius 1 is 1.33 bits per heavy atom. The zero-order valence-electron chi connectivity index (χ0n) is 14.7. The number of aliphatic imine (C=N–C) groups is 1. The number of halogens is 1. The van der Waals surface area contributed by atoms with Gasteiger partial charge in [-0.25, -0.2) is 9.38 Å². The van der Waals surface area contributed by atoms with E-state index < -0.39 is 0 Å². The molecule has 0 aliphatic heterocycles. The predicted octanol–water partition coefficient (Wildman–Crippen LogP) is 2.82. The van der Waals surface area contributed by atoms with Crippen molar-refractivity contribution in [2.45, 2.75) is 33.7 Å². The van der Waals surface area contributed by atoms with Gasteiger partial charge in [-0.15, -0.1) is 0 Å². The third kappa shape index (κ3) is 7.93. The van der Waals surface area contributed by atoms with Crippen molar-refractivity contribution in [2.75, 3.05) is 26.3 Å². The number of nitrogens with one attached hydrogen (secondary N) is 2. The fraction of sp³-hybridized carbons (Fsp3) is 0.556. The molecule has 1 aromatic carbocycles. The summed E-state index contributed by atoms with van der Waals surface area (Å²) in [7, 11) is 0. The Labute approximate surface area is 143 Å². The van der Waals surface area contributed by atoms with E-state index in [0.29, 0.717) is 42.7 Å². The van der Waals surface area contributed by atoms with Gasteiger partial charge in [0.25, 0.3) is 0 Å². The Balaban J connectivity index is 2.49. The molecule has 0 atom stereocenters. The minimum absolute atomic E-state index is 0.172. The van der Waals surface area contributed by atoms with Crippen molar-refractivity contribution < 1.29 is 9.13 Å². The summed E-state index contributed by atoms with van der Waals surface area (Å²) in [5.41, 5.74) is 0.831. The van der Waals surface area contributed by atoms with Crippen molar-refractivity contribution in [2.24, 2.45) is 10.9 Å². The van der Waals surface area contributed by atoms with Crippen molar-refractivity contribution in [3.63, 3.8) is 0 Å². The lowest BCUT2D eigenvalue weighted by atomic mass is 10.1. The zero-order valence-corrected chi connectivity index (χ0v) is 14.7. The topological polar surface area (TPSA) is 69.4 Å². The number of nitrogens with zero attached hydrogens (tertiary/aromatic N) is 2. The van der Waals surface area contributed by atoms with E-state index in [4.69, 9.17) is 10.00 Å². The minimum atomic E-state index is -0.356. The SMILES string of the molecule is CCNC(=NCc1cc(C#N)ccc1F)NCCOCCC(C)C. The smallest absolute Gasteiger partial charge is 0.191 e. The number of hydrogen-bond acceptors (Lipinski definition) is 3. The highest BCUT2D eigenvalue weighted by Gasteiger charge is 2.04. The van der Waals surface area contributed by atoms with E-state index in [1.807, 2.05) is 13.0 Å². The van der Waals surface area contributed by atoms with Crippen LogP contribution < -0.4 is 10.6 Å². The first-order valence-corrected chi connectivity index (χ1v) is 8.35. The van der Waals surface area contributed by atoms with Crippen LogP contribution in [-0.2, 0) is 11.3 Å². The molecule has 0 bridgehead atoms. The van der Waals surface area contributed by atoms with Crippen molar-refractivity contribution in [1.29, 1.82) is 5.26 Å². The number of ether oxygens (including phenoxy) is 1. The Bertz CT molecular complexity index is 567. The monoisotopic (exact) mass is 334 g/mol. The maximum atomic E-state index is 13.8. The van der Waals surface area contributed by atoms with Crippen LogP contribution >= 0.6 is 0 Å². The zero-order chi connectivity index (χ0) is 17.8. The van der Waals surface area contributed by atoms with Crippen LogP contribution in [0.2, 0.25) is 0 Å². The van der Waals surface area contributed by atoms with Crippen LogP contribution in [0, 0.1) is 23.1 Å². The molecule has 6 heteroatoms. The normalized spacial score (nSPS) is 11.4. The molecule has 0 radical (unpaired) electrons. The van der Waals surface area contributed by atoms with Crippen LogP contribution in [0.25, 0.3) is 0 Å². The van der Waals surface area contributed by atoms with Gasteiger partial charge in [0.2, 0.25) is 0 Å². The van der Waals surface area contributed by atoms with Crippen LogP contribution in [0.15, 0.2) is 23.2 Å². The Morgan fingerprint density at radius 2 is 2.12 bits per heavy atom. The van der Waals surface area contributed by atoms with Gasteiger partial charge >= 0.3 is 0 Å². The second-order valence-corrected chi connectivity index (χ2v) is 5.83. The van der Waals surface area contributed by atoms with Crippen molar-refractivity contribution in [1.82, 2.24) is 10.6 Å². The van der Waals surface area contributed by atoms with Crippen LogP contribution in [-0.4, -0.2) is 32.3 Å². The van der Waals surface area contributed by atoms with Crippen molar-refractivity contribution in [3.8, 4) is 6.07 Å². The maximum Gasteiger partial charge on any atom is 0.191 e. The van der Waals surface area contributed by atoms with Gasteiger partial charge in [-0.05, 0) is 37.5 Å². The molecule has 0 unspecified atom stereocenters. The molecule has 0 amide bonds. The van der Waals surface area contributed by atoms with Crippen molar-refractivity contribution in [3.05, 3.63) is 35.1 Å². The highest BCUT2D eigenvalue weighted by atomic mass is 19.1. The highest BCUT2D eigenvalue weighted by molar-refractivity contribution is 5.79. The molecule has 1 rings (SSSR count). The van der Waals surface area contributed by atoms with E-state index in [1.165, 1.54) is 18.2 Å². The van der Waals surface area contributed by atoms with Gasteiger partial charge in [-0.2, -0.15) is 5.26 Å². The number of rotatable bonds is 9. The molecule has 24 heavy (non-hydrogen) atoms. The van der Waals surface area contributed by atoms with Crippen LogP contribution in [0.4, 0.5) is 4.39 Å². The molecule has 2 N–H and O–H groups in total. The molecule has 0 heterocycles. The molecule has 132 valence electrons. The lowest BCUT2D eigenvalue weighted by Gasteiger charge is -2.12. The largest absolute Gasteiger partial charge is 0.380 e. The lowest BCUT2D eigenvalue weighted by molar-refractivity contribution is 0.128. The molecule has 0 saturated carbocycles. The fourth-order valence-corrected chi connectivity index (χ4v) is 1.93. The first-order chi connectivity index (χ1) is 11.6. The van der Waals surface area contributed by atoms with E-state index in [9.17, 15) is 4.39 Å². The summed E-state index contributed by atoms with van der Waals surface area (Å²) in [4.78, 5) is 4.36. The molecule has 0 aliphatic carbocycles. The number of guanidine groups is 1. The first-order valence-electron chi connectivity index (χ1n) is 8.35. The number of nitriles is 1. The van der Waals surface area contributed by atoms with Gasteiger partial charge < -0.3 is 15.4 Å². The lowest BCUT2D eigenvalue weighted by Crippen LogP contribution is -2.39. The summed E-state index contributed by atoms with van der Waals surface area (Å²) in [6.45, 7) is 9.15. The van der Waals surface area contributed by atoms with Gasteiger partial charge in [0, 0.05) is 25.3 Å². The standard InChI is InChI=1S/C18H27FN4O/c1-4-21-18(22-8-10-24-9-7-14(2)3)23-13-16-11-15(12-20)5-6-17(16)19/h5-6,11,14H,4,7-10,13H2,1-3H3,(H2,21,22,23). The van der Waals surface area contributed by atoms with E-state index in [2.05, 4.69) is 29.5 Å². The van der Waals surface area contributed by atoms with Gasteiger partial charge in [-0.3, -0.25) is 0 Å². The Morgan fingerprint density at radius 3 is 2.79 bits per heavy atom. The third-order valence-electron chi connectivity index (χ3n) is 3.30. The second kappa shape index (κ2) is 11.4. The molecule has 0 fully saturated rings. The van der Waals surface area contributed by atoms with Crippen LogP contribution in [0.3, 0.4) is 0 Å². The quantitative estimate of drug-likeness (QED) is 0.414.